The van der Waals surface area contributed by atoms with Crippen molar-refractivity contribution in [3.8, 4) is 0 Å². The van der Waals surface area contributed by atoms with E-state index in [1.807, 2.05) is 18.5 Å². The predicted molar refractivity (Wildman–Crippen MR) is 56.3 cm³/mol. The number of hydrogen-bond donors (Lipinski definition) is 1. The first kappa shape index (κ1) is 11.7. The minimum atomic E-state index is -0.428. The average Bonchev–Trinajstić information content (AvgIpc) is 2.65. The SMILES string of the molecule is CCCNC(C(=O)OC)c1cncn1C. The number of hydrogen-bond acceptors (Lipinski definition) is 4. The Bertz CT molecular complexity index is 322. The number of nitrogens with one attached hydrogen (secondary N) is 1. The van der Waals surface area contributed by atoms with Crippen LogP contribution < -0.4 is 5.32 Å². The second-order valence-electron chi connectivity index (χ2n) is 3.34. The van der Waals surface area contributed by atoms with Crippen molar-refractivity contribution in [2.75, 3.05) is 13.7 Å². The van der Waals surface area contributed by atoms with Crippen molar-refractivity contribution in [2.24, 2.45) is 7.05 Å². The molecule has 1 unspecified atom stereocenters. The Kier molecular flexibility index (Phi) is 4.30. The van der Waals surface area contributed by atoms with Gasteiger partial charge in [-0.15, -0.1) is 0 Å². The summed E-state index contributed by atoms with van der Waals surface area (Å²) in [5.74, 6) is -0.285. The summed E-state index contributed by atoms with van der Waals surface area (Å²) >= 11 is 0. The molecule has 1 rings (SSSR count). The third-order valence-corrected chi connectivity index (χ3v) is 2.19. The van der Waals surface area contributed by atoms with Gasteiger partial charge in [0, 0.05) is 7.05 Å². The highest BCUT2D eigenvalue weighted by molar-refractivity contribution is 5.76. The fourth-order valence-electron chi connectivity index (χ4n) is 1.36. The Morgan fingerprint density at radius 1 is 1.73 bits per heavy atom. The zero-order valence-electron chi connectivity index (χ0n) is 9.36. The van der Waals surface area contributed by atoms with E-state index in [1.165, 1.54) is 7.11 Å². The van der Waals surface area contributed by atoms with Gasteiger partial charge in [0.25, 0.3) is 0 Å². The van der Waals surface area contributed by atoms with Gasteiger partial charge in [0.2, 0.25) is 0 Å². The number of carbonyl (C=O) groups is 1. The molecule has 5 heteroatoms. The summed E-state index contributed by atoms with van der Waals surface area (Å²) in [7, 11) is 3.24. The topological polar surface area (TPSA) is 56.1 Å². The first-order chi connectivity index (χ1) is 7.20. The van der Waals surface area contributed by atoms with E-state index >= 15 is 0 Å². The molecule has 0 aliphatic carbocycles. The van der Waals surface area contributed by atoms with Gasteiger partial charge >= 0.3 is 5.97 Å². The summed E-state index contributed by atoms with van der Waals surface area (Å²) in [6.07, 6.45) is 4.30. The lowest BCUT2D eigenvalue weighted by atomic mass is 10.2. The van der Waals surface area contributed by atoms with E-state index in [4.69, 9.17) is 4.74 Å². The molecule has 5 nitrogen and oxygen atoms in total. The van der Waals surface area contributed by atoms with Crippen molar-refractivity contribution >= 4 is 5.97 Å². The van der Waals surface area contributed by atoms with Crippen molar-refractivity contribution in [2.45, 2.75) is 19.4 Å². The highest BCUT2D eigenvalue weighted by Gasteiger charge is 2.22. The molecule has 0 spiro atoms. The summed E-state index contributed by atoms with van der Waals surface area (Å²) < 4.78 is 6.56. The Balaban J connectivity index is 2.81. The summed E-state index contributed by atoms with van der Waals surface area (Å²) in [4.78, 5) is 15.5. The molecule has 1 atom stereocenters. The number of carbonyl (C=O) groups excluding carboxylic acids is 1. The number of aromatic nitrogens is 2. The molecular formula is C10H17N3O2. The van der Waals surface area contributed by atoms with Gasteiger partial charge < -0.3 is 9.30 Å². The maximum Gasteiger partial charge on any atom is 0.329 e. The van der Waals surface area contributed by atoms with Crippen LogP contribution in [0.3, 0.4) is 0 Å². The normalized spacial score (nSPS) is 12.5. The second-order valence-corrected chi connectivity index (χ2v) is 3.34. The van der Waals surface area contributed by atoms with Crippen LogP contribution in [0.2, 0.25) is 0 Å². The highest BCUT2D eigenvalue weighted by Crippen LogP contribution is 2.12. The van der Waals surface area contributed by atoms with E-state index in [9.17, 15) is 4.79 Å². The molecule has 0 bridgehead atoms. The van der Waals surface area contributed by atoms with Crippen LogP contribution in [0, 0.1) is 0 Å². The van der Waals surface area contributed by atoms with Gasteiger partial charge in [-0.2, -0.15) is 0 Å². The van der Waals surface area contributed by atoms with Gasteiger partial charge in [0.1, 0.15) is 6.04 Å². The molecule has 0 aliphatic rings. The Hall–Kier alpha value is -1.36. The molecule has 0 saturated heterocycles. The van der Waals surface area contributed by atoms with Crippen molar-refractivity contribution in [3.63, 3.8) is 0 Å². The lowest BCUT2D eigenvalue weighted by molar-refractivity contribution is -0.143. The van der Waals surface area contributed by atoms with E-state index < -0.39 is 6.04 Å². The Morgan fingerprint density at radius 3 is 2.93 bits per heavy atom. The average molecular weight is 211 g/mol. The molecular weight excluding hydrogens is 194 g/mol. The Morgan fingerprint density at radius 2 is 2.47 bits per heavy atom. The molecule has 1 N–H and O–H groups in total. The number of imidazole rings is 1. The largest absolute Gasteiger partial charge is 0.468 e. The molecule has 1 aromatic heterocycles. The van der Waals surface area contributed by atoms with Crippen molar-refractivity contribution in [3.05, 3.63) is 18.2 Å². The fourth-order valence-corrected chi connectivity index (χ4v) is 1.36. The van der Waals surface area contributed by atoms with Crippen molar-refractivity contribution < 1.29 is 9.53 Å². The standard InChI is InChI=1S/C10H17N3O2/c1-4-5-12-9(10(14)15-3)8-6-11-7-13(8)2/h6-7,9,12H,4-5H2,1-3H3. The molecule has 1 heterocycles. The van der Waals surface area contributed by atoms with E-state index in [0.717, 1.165) is 18.7 Å². The van der Waals surface area contributed by atoms with Gasteiger partial charge in [0.05, 0.1) is 25.3 Å². The number of methoxy groups -OCH3 is 1. The predicted octanol–water partition coefficient (Wildman–Crippen LogP) is 0.634. The van der Waals surface area contributed by atoms with Crippen LogP contribution in [0.1, 0.15) is 25.1 Å². The molecule has 0 saturated carbocycles. The van der Waals surface area contributed by atoms with E-state index in [-0.39, 0.29) is 5.97 Å². The van der Waals surface area contributed by atoms with E-state index in [1.54, 1.807) is 12.5 Å². The molecule has 0 fully saturated rings. The molecule has 0 radical (unpaired) electrons. The zero-order chi connectivity index (χ0) is 11.3. The number of rotatable bonds is 5. The molecule has 84 valence electrons. The maximum atomic E-state index is 11.5. The quantitative estimate of drug-likeness (QED) is 0.726. The summed E-state index contributed by atoms with van der Waals surface area (Å²) in [6, 6.07) is -0.428. The molecule has 1 aromatic rings. The molecule has 0 amide bonds. The van der Waals surface area contributed by atoms with Crippen LogP contribution in [-0.4, -0.2) is 29.2 Å². The minimum Gasteiger partial charge on any atom is -0.468 e. The zero-order valence-corrected chi connectivity index (χ0v) is 9.36. The number of esters is 1. The van der Waals surface area contributed by atoms with Gasteiger partial charge in [-0.3, -0.25) is 5.32 Å². The van der Waals surface area contributed by atoms with Crippen molar-refractivity contribution in [1.82, 2.24) is 14.9 Å². The first-order valence-corrected chi connectivity index (χ1v) is 4.98. The lowest BCUT2D eigenvalue weighted by Crippen LogP contribution is -2.31. The van der Waals surface area contributed by atoms with Crippen LogP contribution in [0.25, 0.3) is 0 Å². The second kappa shape index (κ2) is 5.50. The third kappa shape index (κ3) is 2.79. The summed E-state index contributed by atoms with van der Waals surface area (Å²) in [5, 5.41) is 3.13. The smallest absolute Gasteiger partial charge is 0.329 e. The van der Waals surface area contributed by atoms with Gasteiger partial charge in [0.15, 0.2) is 0 Å². The summed E-state index contributed by atoms with van der Waals surface area (Å²) in [6.45, 7) is 2.82. The number of nitrogens with zero attached hydrogens (tertiary/aromatic N) is 2. The fraction of sp³-hybridized carbons (Fsp3) is 0.600. The van der Waals surface area contributed by atoms with Crippen LogP contribution in [0.5, 0.6) is 0 Å². The van der Waals surface area contributed by atoms with Crippen LogP contribution in [0.15, 0.2) is 12.5 Å². The monoisotopic (exact) mass is 211 g/mol. The number of aryl methyl sites for hydroxylation is 1. The first-order valence-electron chi connectivity index (χ1n) is 4.98. The minimum absolute atomic E-state index is 0.285. The van der Waals surface area contributed by atoms with Crippen LogP contribution in [-0.2, 0) is 16.6 Å². The lowest BCUT2D eigenvalue weighted by Gasteiger charge is -2.16. The Labute approximate surface area is 89.4 Å². The number of ether oxygens (including phenoxy) is 1. The summed E-state index contributed by atoms with van der Waals surface area (Å²) in [5.41, 5.74) is 0.815. The molecule has 0 aliphatic heterocycles. The van der Waals surface area contributed by atoms with E-state index in [2.05, 4.69) is 10.3 Å². The maximum absolute atomic E-state index is 11.5. The van der Waals surface area contributed by atoms with E-state index in [0.29, 0.717) is 0 Å². The van der Waals surface area contributed by atoms with Crippen LogP contribution >= 0.6 is 0 Å². The van der Waals surface area contributed by atoms with Crippen molar-refractivity contribution in [1.29, 1.82) is 0 Å². The third-order valence-electron chi connectivity index (χ3n) is 2.19. The highest BCUT2D eigenvalue weighted by atomic mass is 16.5. The van der Waals surface area contributed by atoms with Crippen LogP contribution in [0.4, 0.5) is 0 Å². The molecule has 15 heavy (non-hydrogen) atoms. The van der Waals surface area contributed by atoms with Gasteiger partial charge in [-0.25, -0.2) is 9.78 Å². The molecule has 0 aromatic carbocycles. The van der Waals surface area contributed by atoms with Gasteiger partial charge in [-0.05, 0) is 13.0 Å². The van der Waals surface area contributed by atoms with Gasteiger partial charge in [-0.1, -0.05) is 6.92 Å².